The Morgan fingerprint density at radius 3 is 2.76 bits per heavy atom. The molecular formula is C9H8N6O2. The number of fused-ring (bicyclic) bond motifs is 2. The first kappa shape index (κ1) is 9.58. The van der Waals surface area contributed by atoms with Gasteiger partial charge in [0, 0.05) is 6.07 Å². The third kappa shape index (κ3) is 1.17. The number of anilines is 1. The normalized spacial score (nSPS) is 11.4. The maximum absolute atomic E-state index is 11.6. The quantitative estimate of drug-likeness (QED) is 0.466. The van der Waals surface area contributed by atoms with Crippen LogP contribution < -0.4 is 16.9 Å². The topological polar surface area (TPSA) is 122 Å². The molecule has 0 saturated heterocycles. The molecule has 0 aromatic carbocycles. The molecule has 8 heteroatoms. The minimum atomic E-state index is -0.500. The fourth-order valence-electron chi connectivity index (χ4n) is 1.76. The molecule has 3 rings (SSSR count). The summed E-state index contributed by atoms with van der Waals surface area (Å²) in [5.41, 5.74) is 5.98. The molecule has 0 aliphatic rings. The molecular weight excluding hydrogens is 224 g/mol. The van der Waals surface area contributed by atoms with Crippen LogP contribution in [0.15, 0.2) is 15.7 Å². The lowest BCUT2D eigenvalue weighted by molar-refractivity contribution is 0.923. The van der Waals surface area contributed by atoms with Gasteiger partial charge in [-0.2, -0.15) is 9.61 Å². The van der Waals surface area contributed by atoms with Gasteiger partial charge in [-0.15, -0.1) is 0 Å². The predicted molar refractivity (Wildman–Crippen MR) is 60.9 cm³/mol. The van der Waals surface area contributed by atoms with Crippen molar-refractivity contribution < 1.29 is 0 Å². The number of hydrogen-bond acceptors (Lipinski definition) is 5. The van der Waals surface area contributed by atoms with E-state index in [1.165, 1.54) is 4.52 Å². The lowest BCUT2D eigenvalue weighted by Gasteiger charge is -2.02. The Balaban J connectivity index is 2.73. The largest absolute Gasteiger partial charge is 0.383 e. The molecule has 0 aliphatic carbocycles. The van der Waals surface area contributed by atoms with Crippen LogP contribution in [0, 0.1) is 6.92 Å². The Morgan fingerprint density at radius 1 is 1.29 bits per heavy atom. The molecule has 0 bridgehead atoms. The summed E-state index contributed by atoms with van der Waals surface area (Å²) in [6.07, 6.45) is 0. The Bertz CT molecular complexity index is 855. The van der Waals surface area contributed by atoms with E-state index in [0.29, 0.717) is 11.3 Å². The van der Waals surface area contributed by atoms with Crippen molar-refractivity contribution in [3.8, 4) is 0 Å². The minimum absolute atomic E-state index is 0.0126. The zero-order chi connectivity index (χ0) is 12.2. The minimum Gasteiger partial charge on any atom is -0.383 e. The second-order valence-electron chi connectivity index (χ2n) is 3.68. The van der Waals surface area contributed by atoms with Crippen LogP contribution >= 0.6 is 0 Å². The lowest BCUT2D eigenvalue weighted by Crippen LogP contribution is -2.22. The molecule has 0 fully saturated rings. The van der Waals surface area contributed by atoms with E-state index in [4.69, 9.17) is 5.73 Å². The van der Waals surface area contributed by atoms with Gasteiger partial charge in [-0.1, -0.05) is 0 Å². The lowest BCUT2D eigenvalue weighted by atomic mass is 10.3. The molecule has 0 unspecified atom stereocenters. The standard InChI is InChI=1S/C9H8N6O2/c1-3-2-4-11-6-5(7(10)15(4)14-3)8(16)12-13-9(6)17/h2H,10H2,1H3,(H,12,16)(H,13,17). The number of nitrogens with one attached hydrogen (secondary N) is 2. The number of nitrogens with zero attached hydrogens (tertiary/aromatic N) is 3. The van der Waals surface area contributed by atoms with Crippen LogP contribution in [0.25, 0.3) is 16.6 Å². The first-order valence-corrected chi connectivity index (χ1v) is 4.84. The average Bonchev–Trinajstić information content (AvgIpc) is 2.65. The van der Waals surface area contributed by atoms with E-state index in [-0.39, 0.29) is 16.7 Å². The third-order valence-electron chi connectivity index (χ3n) is 2.49. The van der Waals surface area contributed by atoms with Crippen molar-refractivity contribution in [3.63, 3.8) is 0 Å². The van der Waals surface area contributed by atoms with Crippen LogP contribution in [0.5, 0.6) is 0 Å². The van der Waals surface area contributed by atoms with E-state index in [9.17, 15) is 9.59 Å². The molecule has 3 aromatic rings. The van der Waals surface area contributed by atoms with Gasteiger partial charge < -0.3 is 5.73 Å². The molecule has 0 atom stereocenters. The highest BCUT2D eigenvalue weighted by molar-refractivity contribution is 5.88. The highest BCUT2D eigenvalue weighted by atomic mass is 16.1. The van der Waals surface area contributed by atoms with E-state index in [2.05, 4.69) is 20.3 Å². The number of nitrogens with two attached hydrogens (primary N) is 1. The van der Waals surface area contributed by atoms with Crippen molar-refractivity contribution in [2.24, 2.45) is 0 Å². The van der Waals surface area contributed by atoms with Crippen molar-refractivity contribution in [1.29, 1.82) is 0 Å². The summed E-state index contributed by atoms with van der Waals surface area (Å²) in [5.74, 6) is 0.102. The number of aromatic amines is 2. The first-order valence-electron chi connectivity index (χ1n) is 4.84. The van der Waals surface area contributed by atoms with E-state index in [1.54, 1.807) is 13.0 Å². The predicted octanol–water partition coefficient (Wildman–Crippen LogP) is -0.850. The van der Waals surface area contributed by atoms with Crippen LogP contribution in [0.3, 0.4) is 0 Å². The van der Waals surface area contributed by atoms with Gasteiger partial charge in [-0.05, 0) is 6.92 Å². The summed E-state index contributed by atoms with van der Waals surface area (Å²) >= 11 is 0. The molecule has 3 aromatic heterocycles. The maximum Gasteiger partial charge on any atom is 0.289 e. The van der Waals surface area contributed by atoms with Gasteiger partial charge >= 0.3 is 0 Å². The van der Waals surface area contributed by atoms with Crippen molar-refractivity contribution >= 4 is 22.4 Å². The zero-order valence-corrected chi connectivity index (χ0v) is 8.81. The average molecular weight is 232 g/mol. The molecule has 86 valence electrons. The second-order valence-corrected chi connectivity index (χ2v) is 3.68. The summed E-state index contributed by atoms with van der Waals surface area (Å²) in [7, 11) is 0. The summed E-state index contributed by atoms with van der Waals surface area (Å²) in [6, 6.07) is 1.68. The maximum atomic E-state index is 11.6. The van der Waals surface area contributed by atoms with E-state index in [0.717, 1.165) is 0 Å². The molecule has 0 aliphatic heterocycles. The number of aromatic nitrogens is 5. The first-order chi connectivity index (χ1) is 8.08. The summed E-state index contributed by atoms with van der Waals surface area (Å²) in [6.45, 7) is 1.77. The summed E-state index contributed by atoms with van der Waals surface area (Å²) in [5, 5.41) is 8.54. The van der Waals surface area contributed by atoms with Gasteiger partial charge in [0.05, 0.1) is 5.69 Å². The summed E-state index contributed by atoms with van der Waals surface area (Å²) < 4.78 is 1.34. The van der Waals surface area contributed by atoms with Gasteiger partial charge in [-0.3, -0.25) is 19.8 Å². The fraction of sp³-hybridized carbons (Fsp3) is 0.111. The number of hydrogen-bond donors (Lipinski definition) is 3. The van der Waals surface area contributed by atoms with Crippen LogP contribution in [-0.4, -0.2) is 24.8 Å². The second kappa shape index (κ2) is 2.94. The van der Waals surface area contributed by atoms with E-state index >= 15 is 0 Å². The van der Waals surface area contributed by atoms with Crippen LogP contribution in [0.2, 0.25) is 0 Å². The molecule has 3 heterocycles. The van der Waals surface area contributed by atoms with Crippen molar-refractivity contribution in [2.45, 2.75) is 6.92 Å². The van der Waals surface area contributed by atoms with E-state index in [1.807, 2.05) is 0 Å². The molecule has 17 heavy (non-hydrogen) atoms. The number of nitrogen functional groups attached to an aromatic ring is 1. The number of rotatable bonds is 0. The number of H-pyrrole nitrogens is 2. The van der Waals surface area contributed by atoms with Gasteiger partial charge in [0.2, 0.25) is 0 Å². The Labute approximate surface area is 93.1 Å². The molecule has 0 saturated carbocycles. The molecule has 0 amide bonds. The smallest absolute Gasteiger partial charge is 0.289 e. The van der Waals surface area contributed by atoms with E-state index < -0.39 is 11.1 Å². The SMILES string of the molecule is Cc1cc2nc3c(=O)[nH][nH]c(=O)c3c(N)n2n1. The van der Waals surface area contributed by atoms with Gasteiger partial charge in [0.15, 0.2) is 5.65 Å². The zero-order valence-electron chi connectivity index (χ0n) is 8.81. The Hall–Kier alpha value is -2.64. The fourth-order valence-corrected chi connectivity index (χ4v) is 1.76. The third-order valence-corrected chi connectivity index (χ3v) is 2.49. The summed E-state index contributed by atoms with van der Waals surface area (Å²) in [4.78, 5) is 27.3. The van der Waals surface area contributed by atoms with Crippen LogP contribution in [0.1, 0.15) is 5.69 Å². The monoisotopic (exact) mass is 232 g/mol. The van der Waals surface area contributed by atoms with Crippen molar-refractivity contribution in [3.05, 3.63) is 32.5 Å². The number of aryl methyl sites for hydroxylation is 1. The van der Waals surface area contributed by atoms with Gasteiger partial charge in [0.1, 0.15) is 16.7 Å². The van der Waals surface area contributed by atoms with Gasteiger partial charge in [0.25, 0.3) is 11.1 Å². The molecule has 0 radical (unpaired) electrons. The Morgan fingerprint density at radius 2 is 2.00 bits per heavy atom. The van der Waals surface area contributed by atoms with Crippen molar-refractivity contribution in [2.75, 3.05) is 5.73 Å². The van der Waals surface area contributed by atoms with Crippen LogP contribution in [0.4, 0.5) is 5.82 Å². The molecule has 4 N–H and O–H groups in total. The van der Waals surface area contributed by atoms with Gasteiger partial charge in [-0.25, -0.2) is 4.98 Å². The Kier molecular flexibility index (Phi) is 1.65. The highest BCUT2D eigenvalue weighted by Gasteiger charge is 2.13. The van der Waals surface area contributed by atoms with Crippen molar-refractivity contribution in [1.82, 2.24) is 24.8 Å². The molecule has 0 spiro atoms. The molecule has 8 nitrogen and oxygen atoms in total. The highest BCUT2D eigenvalue weighted by Crippen LogP contribution is 2.14. The van der Waals surface area contributed by atoms with Crippen LogP contribution in [-0.2, 0) is 0 Å².